The minimum Gasteiger partial charge on any atom is -0.507 e. The van der Waals surface area contributed by atoms with E-state index in [0.29, 0.717) is 16.7 Å². The van der Waals surface area contributed by atoms with Gasteiger partial charge in [0.05, 0.1) is 4.90 Å². The topological polar surface area (TPSA) is 143 Å². The first kappa shape index (κ1) is 22.9. The molecule has 3 N–H and O–H groups in total. The van der Waals surface area contributed by atoms with Crippen LogP contribution in [0.3, 0.4) is 0 Å². The van der Waals surface area contributed by atoms with Crippen LogP contribution in [0.25, 0.3) is 11.0 Å². The maximum atomic E-state index is 12.8. The molecule has 4 rings (SSSR count). The number of rotatable bonds is 7. The molecular formula is C24H19NO8S. The number of fused-ring (bicyclic) bond motifs is 1. The lowest BCUT2D eigenvalue weighted by molar-refractivity contribution is 0.0472. The number of sulfonamides is 1. The molecule has 4 aromatic rings. The number of carbonyl (C=O) groups excluding carboxylic acids is 1. The molecule has 174 valence electrons. The van der Waals surface area contributed by atoms with E-state index < -0.39 is 33.3 Å². The molecule has 9 nitrogen and oxygen atoms in total. The second kappa shape index (κ2) is 8.91. The van der Waals surface area contributed by atoms with Crippen LogP contribution in [0.1, 0.15) is 32.0 Å². The van der Waals surface area contributed by atoms with Gasteiger partial charge in [0.25, 0.3) is 10.0 Å². The Hall–Kier alpha value is -4.31. The summed E-state index contributed by atoms with van der Waals surface area (Å²) < 4.78 is 39.0. The lowest BCUT2D eigenvalue weighted by Crippen LogP contribution is -2.14. The third-order valence-corrected chi connectivity index (χ3v) is 6.42. The highest BCUT2D eigenvalue weighted by atomic mass is 32.2. The second-order valence-electron chi connectivity index (χ2n) is 7.40. The minimum absolute atomic E-state index is 0.0604. The Morgan fingerprint density at radius 2 is 1.76 bits per heavy atom. The number of hydrogen-bond donors (Lipinski definition) is 3. The molecule has 0 saturated heterocycles. The normalized spacial score (nSPS) is 11.3. The maximum Gasteiger partial charge on any atom is 0.342 e. The molecule has 3 aromatic carbocycles. The molecule has 1 heterocycles. The molecule has 0 spiro atoms. The number of aromatic hydroxyl groups is 1. The highest BCUT2D eigenvalue weighted by Gasteiger charge is 2.22. The van der Waals surface area contributed by atoms with Crippen molar-refractivity contribution in [3.8, 4) is 5.75 Å². The van der Waals surface area contributed by atoms with E-state index in [2.05, 4.69) is 4.72 Å². The second-order valence-corrected chi connectivity index (χ2v) is 9.08. The van der Waals surface area contributed by atoms with Crippen molar-refractivity contribution < 1.29 is 37.4 Å². The van der Waals surface area contributed by atoms with Crippen LogP contribution in [-0.2, 0) is 21.4 Å². The predicted molar refractivity (Wildman–Crippen MR) is 122 cm³/mol. The number of furan rings is 1. The Balaban J connectivity index is 1.63. The van der Waals surface area contributed by atoms with Crippen molar-refractivity contribution in [2.75, 3.05) is 4.72 Å². The fourth-order valence-electron chi connectivity index (χ4n) is 3.40. The first-order valence-corrected chi connectivity index (χ1v) is 11.5. The molecule has 34 heavy (non-hydrogen) atoms. The Kier molecular flexibility index (Phi) is 5.99. The highest BCUT2D eigenvalue weighted by Crippen LogP contribution is 2.30. The van der Waals surface area contributed by atoms with E-state index in [4.69, 9.17) is 14.3 Å². The highest BCUT2D eigenvalue weighted by molar-refractivity contribution is 7.92. The van der Waals surface area contributed by atoms with Crippen molar-refractivity contribution in [3.05, 3.63) is 89.2 Å². The van der Waals surface area contributed by atoms with Gasteiger partial charge in [0.1, 0.15) is 34.8 Å². The summed E-state index contributed by atoms with van der Waals surface area (Å²) in [7, 11) is -4.20. The van der Waals surface area contributed by atoms with E-state index >= 15 is 0 Å². The molecule has 0 atom stereocenters. The summed E-state index contributed by atoms with van der Waals surface area (Å²) in [6, 6.07) is 16.4. The van der Waals surface area contributed by atoms with Crippen LogP contribution in [0.15, 0.2) is 76.0 Å². The van der Waals surface area contributed by atoms with Gasteiger partial charge in [-0.2, -0.15) is 0 Å². The summed E-state index contributed by atoms with van der Waals surface area (Å²) in [4.78, 5) is 23.6. The number of hydrogen-bond acceptors (Lipinski definition) is 7. The first-order valence-electron chi connectivity index (χ1n) is 9.99. The van der Waals surface area contributed by atoms with E-state index in [-0.39, 0.29) is 22.8 Å². The Morgan fingerprint density at radius 1 is 1.03 bits per heavy atom. The monoisotopic (exact) mass is 481 g/mol. The number of ether oxygens (including phenoxy) is 1. The van der Waals surface area contributed by atoms with E-state index in [1.54, 1.807) is 6.92 Å². The van der Waals surface area contributed by atoms with Gasteiger partial charge in [-0.05, 0) is 48.9 Å². The molecular weight excluding hydrogens is 462 g/mol. The summed E-state index contributed by atoms with van der Waals surface area (Å²) in [6.45, 7) is 1.66. The Labute approximate surface area is 194 Å². The number of aryl methyl sites for hydroxylation is 1. The molecule has 0 saturated carbocycles. The van der Waals surface area contributed by atoms with Gasteiger partial charge in [-0.25, -0.2) is 18.0 Å². The zero-order valence-corrected chi connectivity index (χ0v) is 18.6. The van der Waals surface area contributed by atoms with Crippen LogP contribution in [0, 0.1) is 6.92 Å². The molecule has 0 bridgehead atoms. The van der Waals surface area contributed by atoms with Crippen molar-refractivity contribution in [3.63, 3.8) is 0 Å². The molecule has 1 aromatic heterocycles. The number of esters is 1. The molecule has 10 heteroatoms. The summed E-state index contributed by atoms with van der Waals surface area (Å²) in [5, 5.41) is 19.1. The van der Waals surface area contributed by atoms with Gasteiger partial charge >= 0.3 is 11.9 Å². The van der Waals surface area contributed by atoms with Crippen molar-refractivity contribution in [2.45, 2.75) is 18.4 Å². The minimum atomic E-state index is -4.20. The van der Waals surface area contributed by atoms with Gasteiger partial charge in [0.15, 0.2) is 0 Å². The molecule has 0 aliphatic heterocycles. The van der Waals surface area contributed by atoms with Gasteiger partial charge in [-0.3, -0.25) is 4.72 Å². The summed E-state index contributed by atoms with van der Waals surface area (Å²) in [5.41, 5.74) is 0.918. The van der Waals surface area contributed by atoms with Gasteiger partial charge in [0, 0.05) is 11.1 Å². The van der Waals surface area contributed by atoms with Crippen molar-refractivity contribution in [1.29, 1.82) is 0 Å². The third kappa shape index (κ3) is 4.57. The lowest BCUT2D eigenvalue weighted by atomic mass is 10.1. The summed E-state index contributed by atoms with van der Waals surface area (Å²) in [6.07, 6.45) is 0. The van der Waals surface area contributed by atoms with Gasteiger partial charge in [-0.1, -0.05) is 30.3 Å². The zero-order valence-electron chi connectivity index (χ0n) is 17.8. The largest absolute Gasteiger partial charge is 0.507 e. The van der Waals surface area contributed by atoms with Gasteiger partial charge in [-0.15, -0.1) is 0 Å². The standard InChI is InChI=1S/C24H19NO8S/c1-14-22(24(29)32-13-15-5-3-2-4-6-15)19-11-16(7-10-21(19)33-14)25-34(30,31)17-8-9-20(26)18(12-17)23(27)28/h2-12,25-26H,13H2,1H3,(H,27,28). The molecule has 0 radical (unpaired) electrons. The van der Waals surface area contributed by atoms with Gasteiger partial charge in [0.2, 0.25) is 0 Å². The van der Waals surface area contributed by atoms with E-state index in [1.807, 2.05) is 30.3 Å². The van der Waals surface area contributed by atoms with Crippen molar-refractivity contribution in [1.82, 2.24) is 0 Å². The number of benzene rings is 3. The molecule has 0 aliphatic carbocycles. The quantitative estimate of drug-likeness (QED) is 0.332. The van der Waals surface area contributed by atoms with E-state index in [0.717, 1.165) is 23.8 Å². The Morgan fingerprint density at radius 3 is 2.47 bits per heavy atom. The van der Waals surface area contributed by atoms with Crippen molar-refractivity contribution in [2.24, 2.45) is 0 Å². The smallest absolute Gasteiger partial charge is 0.342 e. The van der Waals surface area contributed by atoms with Crippen LogP contribution >= 0.6 is 0 Å². The summed E-state index contributed by atoms with van der Waals surface area (Å²) in [5.74, 6) is -2.33. The molecule has 0 aliphatic rings. The number of phenols is 1. The van der Waals surface area contributed by atoms with Gasteiger partial charge < -0.3 is 19.4 Å². The number of carboxylic acid groups (broad SMARTS) is 1. The van der Waals surface area contributed by atoms with E-state index in [9.17, 15) is 23.1 Å². The van der Waals surface area contributed by atoms with Crippen LogP contribution in [0.2, 0.25) is 0 Å². The van der Waals surface area contributed by atoms with Crippen LogP contribution in [0.5, 0.6) is 5.75 Å². The van der Waals surface area contributed by atoms with Crippen LogP contribution in [0.4, 0.5) is 5.69 Å². The third-order valence-electron chi connectivity index (χ3n) is 5.04. The lowest BCUT2D eigenvalue weighted by Gasteiger charge is -2.10. The Bertz CT molecular complexity index is 1510. The molecule has 0 fully saturated rings. The number of aromatic carboxylic acids is 1. The maximum absolute atomic E-state index is 12.8. The molecule has 0 amide bonds. The average molecular weight is 481 g/mol. The summed E-state index contributed by atoms with van der Waals surface area (Å²) >= 11 is 0. The number of carbonyl (C=O) groups is 2. The van der Waals surface area contributed by atoms with Crippen LogP contribution in [-0.4, -0.2) is 30.6 Å². The number of carboxylic acids is 1. The predicted octanol–water partition coefficient (Wildman–Crippen LogP) is 4.30. The fourth-order valence-corrected chi connectivity index (χ4v) is 4.48. The fraction of sp³-hybridized carbons (Fsp3) is 0.0833. The van der Waals surface area contributed by atoms with Crippen LogP contribution < -0.4 is 4.72 Å². The van der Waals surface area contributed by atoms with E-state index in [1.165, 1.54) is 18.2 Å². The SMILES string of the molecule is Cc1oc2ccc(NS(=O)(=O)c3ccc(O)c(C(=O)O)c3)cc2c1C(=O)OCc1ccccc1. The number of nitrogens with one attached hydrogen (secondary N) is 1. The zero-order chi connectivity index (χ0) is 24.5. The number of anilines is 1. The first-order chi connectivity index (χ1) is 16.2. The molecule has 0 unspecified atom stereocenters. The van der Waals surface area contributed by atoms with Crippen molar-refractivity contribution >= 4 is 38.6 Å². The average Bonchev–Trinajstić information content (AvgIpc) is 3.13.